The molecular weight excluding hydrogens is 202 g/mol. The third-order valence-electron chi connectivity index (χ3n) is 1.76. The van der Waals surface area contributed by atoms with E-state index in [1.165, 1.54) is 0 Å². The van der Waals surface area contributed by atoms with Crippen molar-refractivity contribution in [1.82, 2.24) is 0 Å². The highest BCUT2D eigenvalue weighted by Crippen LogP contribution is 2.20. The van der Waals surface area contributed by atoms with Gasteiger partial charge in [-0.3, -0.25) is 0 Å². The van der Waals surface area contributed by atoms with Crippen molar-refractivity contribution in [3.05, 3.63) is 35.4 Å². The zero-order chi connectivity index (χ0) is 10.8. The normalized spacial score (nSPS) is 11.8. The summed E-state index contributed by atoms with van der Waals surface area (Å²) < 4.78 is 60.6. The maximum Gasteiger partial charge on any atom is 0.478 e. The van der Waals surface area contributed by atoms with Crippen LogP contribution in [-0.2, 0) is 6.42 Å². The van der Waals surface area contributed by atoms with Gasteiger partial charge in [-0.2, -0.15) is 0 Å². The van der Waals surface area contributed by atoms with Gasteiger partial charge in [0.25, 0.3) is 0 Å². The lowest BCUT2D eigenvalue weighted by Crippen LogP contribution is -2.15. The van der Waals surface area contributed by atoms with E-state index in [1.54, 1.807) is 0 Å². The largest absolute Gasteiger partial charge is 0.478 e. The molecule has 0 aliphatic heterocycles. The minimum absolute atomic E-state index is 0.106. The highest BCUT2D eigenvalue weighted by Gasteiger charge is 2.22. The Balaban J connectivity index is 2.68. The third-order valence-corrected chi connectivity index (χ3v) is 1.76. The first-order valence-corrected chi connectivity index (χ1v) is 4.03. The average molecular weight is 209 g/mol. The summed E-state index contributed by atoms with van der Waals surface area (Å²) in [5.41, 5.74) is -0.106. The molecule has 14 heavy (non-hydrogen) atoms. The van der Waals surface area contributed by atoms with Crippen LogP contribution in [0, 0.1) is 11.6 Å². The lowest BCUT2D eigenvalue weighted by molar-refractivity contribution is 0.466. The number of aryl methyl sites for hydroxylation is 1. The third kappa shape index (κ3) is 3.36. The van der Waals surface area contributed by atoms with Crippen molar-refractivity contribution in [2.45, 2.75) is 12.7 Å². The summed E-state index contributed by atoms with van der Waals surface area (Å²) in [4.78, 5) is 0. The van der Waals surface area contributed by atoms with Gasteiger partial charge in [-0.05, 0) is 18.1 Å². The molecule has 0 nitrogen and oxygen atoms in total. The van der Waals surface area contributed by atoms with Crippen LogP contribution in [0.25, 0.3) is 0 Å². The van der Waals surface area contributed by atoms with Gasteiger partial charge >= 0.3 is 6.98 Å². The molecule has 78 valence electrons. The standard InChI is InChI=1S/C8H7BF5/c10-7-2-1-6(8(11)5-7)3-4-9(12,13)14/h1-2,5H,3-4H2/q-1. The summed E-state index contributed by atoms with van der Waals surface area (Å²) in [5, 5.41) is 0. The molecule has 0 amide bonds. The quantitative estimate of drug-likeness (QED) is 0.528. The van der Waals surface area contributed by atoms with Gasteiger partial charge in [0.2, 0.25) is 0 Å². The second kappa shape index (κ2) is 3.98. The van der Waals surface area contributed by atoms with E-state index in [0.717, 1.165) is 12.1 Å². The number of hydrogen-bond donors (Lipinski definition) is 0. The summed E-state index contributed by atoms with van der Waals surface area (Å²) in [6.45, 7) is -4.91. The van der Waals surface area contributed by atoms with E-state index in [1.807, 2.05) is 0 Å². The lowest BCUT2D eigenvalue weighted by atomic mass is 9.82. The van der Waals surface area contributed by atoms with Crippen molar-refractivity contribution in [2.75, 3.05) is 0 Å². The molecule has 0 saturated heterocycles. The molecule has 0 bridgehead atoms. The smallest absolute Gasteiger partial charge is 0.449 e. The van der Waals surface area contributed by atoms with Crippen molar-refractivity contribution in [3.63, 3.8) is 0 Å². The van der Waals surface area contributed by atoms with Gasteiger partial charge in [0.05, 0.1) is 0 Å². The number of rotatable bonds is 3. The SMILES string of the molecule is Fc1ccc(CC[B-](F)(F)F)c(F)c1. The Kier molecular flexibility index (Phi) is 3.13. The average Bonchev–Trinajstić information content (AvgIpc) is 2.00. The first-order chi connectivity index (χ1) is 6.38. The molecule has 0 radical (unpaired) electrons. The molecule has 0 saturated carbocycles. The molecule has 0 atom stereocenters. The molecule has 0 aliphatic carbocycles. The Morgan fingerprint density at radius 1 is 1.07 bits per heavy atom. The first kappa shape index (κ1) is 11.0. The van der Waals surface area contributed by atoms with Crippen molar-refractivity contribution >= 4 is 6.98 Å². The van der Waals surface area contributed by atoms with Crippen LogP contribution in [0.2, 0.25) is 6.32 Å². The van der Waals surface area contributed by atoms with Crippen LogP contribution in [-0.4, -0.2) is 6.98 Å². The van der Waals surface area contributed by atoms with Crippen LogP contribution in [0.5, 0.6) is 0 Å². The van der Waals surface area contributed by atoms with E-state index in [9.17, 15) is 21.7 Å². The number of hydrogen-bond acceptors (Lipinski definition) is 0. The monoisotopic (exact) mass is 209 g/mol. The van der Waals surface area contributed by atoms with Gasteiger partial charge in [-0.1, -0.05) is 12.4 Å². The van der Waals surface area contributed by atoms with E-state index in [2.05, 4.69) is 0 Å². The number of halogens is 5. The molecule has 0 spiro atoms. The topological polar surface area (TPSA) is 0 Å². The number of benzene rings is 1. The van der Waals surface area contributed by atoms with Crippen molar-refractivity contribution in [1.29, 1.82) is 0 Å². The Bertz CT molecular complexity index is 320. The predicted octanol–water partition coefficient (Wildman–Crippen LogP) is 3.35. The van der Waals surface area contributed by atoms with Gasteiger partial charge in [-0.25, -0.2) is 8.78 Å². The molecule has 0 fully saturated rings. The van der Waals surface area contributed by atoms with Crippen molar-refractivity contribution in [3.8, 4) is 0 Å². The summed E-state index contributed by atoms with van der Waals surface area (Å²) in [5.74, 6) is -1.71. The van der Waals surface area contributed by atoms with E-state index in [0.29, 0.717) is 6.07 Å². The molecule has 0 N–H and O–H groups in total. The van der Waals surface area contributed by atoms with Gasteiger partial charge in [0, 0.05) is 6.07 Å². The predicted molar refractivity (Wildman–Crippen MR) is 43.9 cm³/mol. The van der Waals surface area contributed by atoms with Crippen LogP contribution in [0.4, 0.5) is 21.7 Å². The van der Waals surface area contributed by atoms with Crippen molar-refractivity contribution in [2.24, 2.45) is 0 Å². The van der Waals surface area contributed by atoms with Crippen LogP contribution in [0.15, 0.2) is 18.2 Å². The van der Waals surface area contributed by atoms with Gasteiger partial charge in [0.1, 0.15) is 11.6 Å². The second-order valence-corrected chi connectivity index (χ2v) is 2.98. The molecule has 1 rings (SSSR count). The fourth-order valence-corrected chi connectivity index (χ4v) is 1.04. The molecule has 0 unspecified atom stereocenters. The zero-order valence-corrected chi connectivity index (χ0v) is 7.11. The minimum atomic E-state index is -4.91. The fourth-order valence-electron chi connectivity index (χ4n) is 1.04. The van der Waals surface area contributed by atoms with E-state index >= 15 is 0 Å². The first-order valence-electron chi connectivity index (χ1n) is 4.03. The summed E-state index contributed by atoms with van der Waals surface area (Å²) in [6.07, 6.45) is -1.47. The van der Waals surface area contributed by atoms with Gasteiger partial charge in [0.15, 0.2) is 0 Å². The van der Waals surface area contributed by atoms with Gasteiger partial charge < -0.3 is 12.9 Å². The Morgan fingerprint density at radius 3 is 2.21 bits per heavy atom. The second-order valence-electron chi connectivity index (χ2n) is 2.98. The Hall–Kier alpha value is -1.07. The maximum atomic E-state index is 12.8. The Labute approximate surface area is 77.8 Å². The highest BCUT2D eigenvalue weighted by atomic mass is 19.4. The molecule has 6 heteroatoms. The Morgan fingerprint density at radius 2 is 1.71 bits per heavy atom. The van der Waals surface area contributed by atoms with Crippen LogP contribution < -0.4 is 0 Å². The maximum absolute atomic E-state index is 12.8. The molecule has 0 aromatic heterocycles. The molecule has 0 aliphatic rings. The molecule has 0 heterocycles. The minimum Gasteiger partial charge on any atom is -0.449 e. The summed E-state index contributed by atoms with van der Waals surface area (Å²) >= 11 is 0. The molecule has 1 aromatic carbocycles. The molecule has 1 aromatic rings. The van der Waals surface area contributed by atoms with Crippen LogP contribution in [0.3, 0.4) is 0 Å². The van der Waals surface area contributed by atoms with Gasteiger partial charge in [-0.15, -0.1) is 0 Å². The van der Waals surface area contributed by atoms with E-state index < -0.39 is 31.4 Å². The summed E-state index contributed by atoms with van der Waals surface area (Å²) in [7, 11) is 0. The fraction of sp³-hybridized carbons (Fsp3) is 0.250. The van der Waals surface area contributed by atoms with E-state index in [4.69, 9.17) is 0 Å². The van der Waals surface area contributed by atoms with Crippen LogP contribution >= 0.6 is 0 Å². The highest BCUT2D eigenvalue weighted by molar-refractivity contribution is 6.58. The van der Waals surface area contributed by atoms with E-state index in [-0.39, 0.29) is 5.56 Å². The summed E-state index contributed by atoms with van der Waals surface area (Å²) in [6, 6.07) is 2.56. The zero-order valence-electron chi connectivity index (χ0n) is 7.11. The molecular formula is C8H7BF5-. The van der Waals surface area contributed by atoms with Crippen LogP contribution in [0.1, 0.15) is 5.56 Å². The lowest BCUT2D eigenvalue weighted by Gasteiger charge is -2.13. The van der Waals surface area contributed by atoms with Crippen molar-refractivity contribution < 1.29 is 21.7 Å².